The summed E-state index contributed by atoms with van der Waals surface area (Å²) in [5, 5.41) is 2.98. The molecule has 2 unspecified atom stereocenters. The van der Waals surface area contributed by atoms with E-state index in [9.17, 15) is 4.79 Å². The summed E-state index contributed by atoms with van der Waals surface area (Å²) >= 11 is 0. The first-order valence-corrected chi connectivity index (χ1v) is 6.79. The van der Waals surface area contributed by atoms with Crippen molar-refractivity contribution in [1.82, 2.24) is 10.2 Å². The molecule has 0 aromatic rings. The van der Waals surface area contributed by atoms with Crippen molar-refractivity contribution in [2.75, 3.05) is 19.6 Å². The number of hydrogen-bond donors (Lipinski definition) is 2. The number of nitrogens with one attached hydrogen (secondary N) is 1. The minimum atomic E-state index is -0.0158. The molecule has 1 saturated heterocycles. The summed E-state index contributed by atoms with van der Waals surface area (Å²) in [4.78, 5) is 14.2. The number of nitrogens with zero attached hydrogens (tertiary/aromatic N) is 1. The zero-order chi connectivity index (χ0) is 12.8. The van der Waals surface area contributed by atoms with Crippen LogP contribution < -0.4 is 11.1 Å². The van der Waals surface area contributed by atoms with E-state index >= 15 is 0 Å². The molecule has 3 N–H and O–H groups in total. The second-order valence-corrected chi connectivity index (χ2v) is 5.42. The van der Waals surface area contributed by atoms with Crippen LogP contribution in [0.3, 0.4) is 0 Å². The van der Waals surface area contributed by atoms with Gasteiger partial charge in [0, 0.05) is 12.6 Å². The molecule has 0 aromatic heterocycles. The Labute approximate surface area is 105 Å². The van der Waals surface area contributed by atoms with Crippen molar-refractivity contribution >= 4 is 5.91 Å². The van der Waals surface area contributed by atoms with Gasteiger partial charge < -0.3 is 11.1 Å². The van der Waals surface area contributed by atoms with Crippen molar-refractivity contribution in [2.24, 2.45) is 11.7 Å². The maximum atomic E-state index is 11.9. The van der Waals surface area contributed by atoms with E-state index in [1.807, 2.05) is 20.8 Å². The highest BCUT2D eigenvalue weighted by Crippen LogP contribution is 2.20. The minimum Gasteiger partial charge on any atom is -0.353 e. The number of amides is 1. The summed E-state index contributed by atoms with van der Waals surface area (Å²) in [6.07, 6.45) is 3.52. The topological polar surface area (TPSA) is 58.4 Å². The van der Waals surface area contributed by atoms with Crippen LogP contribution in [0.25, 0.3) is 0 Å². The van der Waals surface area contributed by atoms with Crippen molar-refractivity contribution < 1.29 is 4.79 Å². The van der Waals surface area contributed by atoms with E-state index in [-0.39, 0.29) is 18.0 Å². The van der Waals surface area contributed by atoms with Crippen LogP contribution in [0.15, 0.2) is 0 Å². The van der Waals surface area contributed by atoms with Crippen LogP contribution >= 0.6 is 0 Å². The lowest BCUT2D eigenvalue weighted by Crippen LogP contribution is -2.50. The summed E-state index contributed by atoms with van der Waals surface area (Å²) in [6, 6.07) is 0.201. The van der Waals surface area contributed by atoms with E-state index in [0.29, 0.717) is 5.92 Å². The summed E-state index contributed by atoms with van der Waals surface area (Å²) in [5.41, 5.74) is 5.61. The number of nitrogens with two attached hydrogens (primary N) is 1. The van der Waals surface area contributed by atoms with Crippen LogP contribution in [-0.4, -0.2) is 42.5 Å². The van der Waals surface area contributed by atoms with Crippen LogP contribution in [0.2, 0.25) is 0 Å². The first-order chi connectivity index (χ1) is 8.04. The number of hydrogen-bond acceptors (Lipinski definition) is 3. The Kier molecular flexibility index (Phi) is 5.92. The van der Waals surface area contributed by atoms with E-state index in [2.05, 4.69) is 10.2 Å². The summed E-state index contributed by atoms with van der Waals surface area (Å²) < 4.78 is 0. The zero-order valence-electron chi connectivity index (χ0n) is 11.4. The van der Waals surface area contributed by atoms with Gasteiger partial charge in [-0.05, 0) is 59.0 Å². The molecule has 1 amide bonds. The fourth-order valence-electron chi connectivity index (χ4n) is 2.49. The van der Waals surface area contributed by atoms with Crippen LogP contribution in [-0.2, 0) is 4.79 Å². The van der Waals surface area contributed by atoms with E-state index in [1.165, 1.54) is 12.8 Å². The fourth-order valence-corrected chi connectivity index (χ4v) is 2.49. The third-order valence-electron chi connectivity index (χ3n) is 3.48. The predicted octanol–water partition coefficient (Wildman–Crippen LogP) is 0.960. The van der Waals surface area contributed by atoms with Crippen molar-refractivity contribution in [2.45, 2.75) is 52.1 Å². The molecular weight excluding hydrogens is 214 g/mol. The molecule has 1 aliphatic heterocycles. The van der Waals surface area contributed by atoms with Gasteiger partial charge in [-0.2, -0.15) is 0 Å². The SMILES string of the molecule is CC(C)NC(=O)C(C)N1CCCC(CCN)C1. The highest BCUT2D eigenvalue weighted by molar-refractivity contribution is 5.81. The van der Waals surface area contributed by atoms with Gasteiger partial charge >= 0.3 is 0 Å². The maximum absolute atomic E-state index is 11.9. The van der Waals surface area contributed by atoms with E-state index in [0.717, 1.165) is 26.1 Å². The van der Waals surface area contributed by atoms with Crippen molar-refractivity contribution in [3.8, 4) is 0 Å². The number of carbonyl (C=O) groups excluding carboxylic acids is 1. The van der Waals surface area contributed by atoms with Gasteiger partial charge in [0.15, 0.2) is 0 Å². The average Bonchev–Trinajstić information content (AvgIpc) is 2.28. The largest absolute Gasteiger partial charge is 0.353 e. The van der Waals surface area contributed by atoms with Crippen molar-refractivity contribution in [3.05, 3.63) is 0 Å². The fraction of sp³-hybridized carbons (Fsp3) is 0.923. The minimum absolute atomic E-state index is 0.0158. The lowest BCUT2D eigenvalue weighted by atomic mass is 9.94. The average molecular weight is 241 g/mol. The van der Waals surface area contributed by atoms with Crippen molar-refractivity contribution in [1.29, 1.82) is 0 Å². The standard InChI is InChI=1S/C13H27N3O/c1-10(2)15-13(17)11(3)16-8-4-5-12(9-16)6-7-14/h10-12H,4-9,14H2,1-3H3,(H,15,17). The molecule has 1 rings (SSSR count). The Morgan fingerprint density at radius 3 is 2.76 bits per heavy atom. The number of likely N-dealkylation sites (tertiary alicyclic amines) is 1. The Bertz CT molecular complexity index is 241. The normalized spacial score (nSPS) is 23.7. The molecule has 0 spiro atoms. The van der Waals surface area contributed by atoms with Crippen LogP contribution in [0.4, 0.5) is 0 Å². The molecule has 0 radical (unpaired) electrons. The lowest BCUT2D eigenvalue weighted by Gasteiger charge is -2.36. The predicted molar refractivity (Wildman–Crippen MR) is 70.7 cm³/mol. The van der Waals surface area contributed by atoms with Crippen LogP contribution in [0, 0.1) is 5.92 Å². The zero-order valence-corrected chi connectivity index (χ0v) is 11.4. The molecule has 0 saturated carbocycles. The summed E-state index contributed by atoms with van der Waals surface area (Å²) in [6.45, 7) is 8.81. The van der Waals surface area contributed by atoms with Gasteiger partial charge in [-0.25, -0.2) is 0 Å². The molecule has 2 atom stereocenters. The molecule has 1 fully saturated rings. The number of piperidine rings is 1. The molecule has 4 nitrogen and oxygen atoms in total. The van der Waals surface area contributed by atoms with Crippen LogP contribution in [0.1, 0.15) is 40.0 Å². The van der Waals surface area contributed by atoms with Gasteiger partial charge in [-0.3, -0.25) is 9.69 Å². The molecule has 1 heterocycles. The number of rotatable bonds is 5. The van der Waals surface area contributed by atoms with Gasteiger partial charge in [0.2, 0.25) is 5.91 Å². The molecule has 4 heteroatoms. The van der Waals surface area contributed by atoms with Gasteiger partial charge in [0.1, 0.15) is 0 Å². The molecule has 17 heavy (non-hydrogen) atoms. The Balaban J connectivity index is 2.45. The second kappa shape index (κ2) is 6.97. The smallest absolute Gasteiger partial charge is 0.237 e. The summed E-state index contributed by atoms with van der Waals surface area (Å²) in [5.74, 6) is 0.816. The summed E-state index contributed by atoms with van der Waals surface area (Å²) in [7, 11) is 0. The molecule has 0 aliphatic carbocycles. The first-order valence-electron chi connectivity index (χ1n) is 6.79. The van der Waals surface area contributed by atoms with Gasteiger partial charge in [-0.15, -0.1) is 0 Å². The molecule has 0 aromatic carbocycles. The number of carbonyl (C=O) groups is 1. The van der Waals surface area contributed by atoms with Gasteiger partial charge in [0.05, 0.1) is 6.04 Å². The third kappa shape index (κ3) is 4.64. The maximum Gasteiger partial charge on any atom is 0.237 e. The van der Waals surface area contributed by atoms with E-state index in [4.69, 9.17) is 5.73 Å². The first kappa shape index (κ1) is 14.5. The Morgan fingerprint density at radius 2 is 2.18 bits per heavy atom. The lowest BCUT2D eigenvalue weighted by molar-refractivity contribution is -0.127. The van der Waals surface area contributed by atoms with E-state index < -0.39 is 0 Å². The molecule has 100 valence electrons. The van der Waals surface area contributed by atoms with Gasteiger partial charge in [-0.1, -0.05) is 0 Å². The van der Waals surface area contributed by atoms with Gasteiger partial charge in [0.25, 0.3) is 0 Å². The quantitative estimate of drug-likeness (QED) is 0.754. The Morgan fingerprint density at radius 1 is 1.47 bits per heavy atom. The highest BCUT2D eigenvalue weighted by Gasteiger charge is 2.27. The third-order valence-corrected chi connectivity index (χ3v) is 3.48. The molecule has 0 bridgehead atoms. The van der Waals surface area contributed by atoms with Crippen molar-refractivity contribution in [3.63, 3.8) is 0 Å². The monoisotopic (exact) mass is 241 g/mol. The second-order valence-electron chi connectivity index (χ2n) is 5.42. The van der Waals surface area contributed by atoms with Crippen LogP contribution in [0.5, 0.6) is 0 Å². The van der Waals surface area contributed by atoms with E-state index in [1.54, 1.807) is 0 Å². The molecule has 1 aliphatic rings. The highest BCUT2D eigenvalue weighted by atomic mass is 16.2. The Hall–Kier alpha value is -0.610. The molecular formula is C13H27N3O.